The molecule has 1 amide bonds. The maximum atomic E-state index is 12.8. The Balaban J connectivity index is 1.76. The number of rotatable bonds is 7. The minimum atomic E-state index is -3.92. The Morgan fingerprint density at radius 1 is 1.38 bits per heavy atom. The molecule has 10 heteroatoms. The highest BCUT2D eigenvalue weighted by Crippen LogP contribution is 2.22. The van der Waals surface area contributed by atoms with Crippen molar-refractivity contribution in [2.45, 2.75) is 43.7 Å². The second-order valence-electron chi connectivity index (χ2n) is 6.61. The maximum absolute atomic E-state index is 12.8. The van der Waals surface area contributed by atoms with Crippen LogP contribution in [0.3, 0.4) is 0 Å². The normalized spacial score (nSPS) is 19.1. The fourth-order valence-corrected chi connectivity index (χ4v) is 4.96. The van der Waals surface area contributed by atoms with E-state index in [1.165, 1.54) is 6.07 Å². The molecule has 1 fully saturated rings. The van der Waals surface area contributed by atoms with Gasteiger partial charge in [0.05, 0.1) is 17.8 Å². The van der Waals surface area contributed by atoms with Gasteiger partial charge in [0.1, 0.15) is 22.0 Å². The minimum absolute atomic E-state index is 0.00167. The van der Waals surface area contributed by atoms with Gasteiger partial charge in [-0.1, -0.05) is 19.9 Å². The first-order valence-electron chi connectivity index (χ1n) is 8.51. The SMILES string of the molecule is CC(C)[C@H](NS(=O)(=O)c1cccc2nsnc12)C(=O)NC[C@@H]1CCCO1. The molecule has 3 rings (SSSR count). The molecule has 142 valence electrons. The Labute approximate surface area is 156 Å². The molecule has 0 spiro atoms. The van der Waals surface area contributed by atoms with Crippen molar-refractivity contribution in [2.75, 3.05) is 13.2 Å². The number of aromatic nitrogens is 2. The first-order valence-corrected chi connectivity index (χ1v) is 10.7. The topological polar surface area (TPSA) is 110 Å². The molecule has 0 bridgehead atoms. The molecule has 0 aliphatic carbocycles. The Kier molecular flexibility index (Phi) is 5.86. The molecule has 0 radical (unpaired) electrons. The highest BCUT2D eigenvalue weighted by Gasteiger charge is 2.30. The predicted octanol–water partition coefficient (Wildman–Crippen LogP) is 1.29. The van der Waals surface area contributed by atoms with Gasteiger partial charge in [-0.2, -0.15) is 13.5 Å². The molecule has 0 unspecified atom stereocenters. The molecule has 2 aromatic rings. The zero-order valence-corrected chi connectivity index (χ0v) is 16.3. The monoisotopic (exact) mass is 398 g/mol. The lowest BCUT2D eigenvalue weighted by atomic mass is 10.0. The van der Waals surface area contributed by atoms with E-state index in [1.807, 2.05) is 0 Å². The first-order chi connectivity index (χ1) is 12.4. The summed E-state index contributed by atoms with van der Waals surface area (Å²) in [6.07, 6.45) is 1.88. The van der Waals surface area contributed by atoms with Gasteiger partial charge >= 0.3 is 0 Å². The lowest BCUT2D eigenvalue weighted by Crippen LogP contribution is -2.50. The molecule has 2 heterocycles. The molecule has 8 nitrogen and oxygen atoms in total. The summed E-state index contributed by atoms with van der Waals surface area (Å²) in [6, 6.07) is 3.89. The Morgan fingerprint density at radius 3 is 2.88 bits per heavy atom. The Hall–Kier alpha value is -1.62. The molecular weight excluding hydrogens is 376 g/mol. The summed E-state index contributed by atoms with van der Waals surface area (Å²) in [5.41, 5.74) is 0.828. The van der Waals surface area contributed by atoms with Gasteiger partial charge in [0.25, 0.3) is 0 Å². The van der Waals surface area contributed by atoms with Crippen LogP contribution in [0.5, 0.6) is 0 Å². The number of benzene rings is 1. The van der Waals surface area contributed by atoms with Crippen LogP contribution >= 0.6 is 11.7 Å². The quantitative estimate of drug-likeness (QED) is 0.727. The molecule has 1 aliphatic heterocycles. The van der Waals surface area contributed by atoms with Crippen LogP contribution < -0.4 is 10.0 Å². The molecular formula is C16H22N4O4S2. The third kappa shape index (κ3) is 4.20. The second-order valence-corrected chi connectivity index (χ2v) is 8.82. The smallest absolute Gasteiger partial charge is 0.243 e. The predicted molar refractivity (Wildman–Crippen MR) is 98.3 cm³/mol. The zero-order chi connectivity index (χ0) is 18.7. The van der Waals surface area contributed by atoms with Crippen molar-refractivity contribution in [3.05, 3.63) is 18.2 Å². The fourth-order valence-electron chi connectivity index (χ4n) is 2.85. The summed E-state index contributed by atoms with van der Waals surface area (Å²) in [5.74, 6) is -0.579. The third-order valence-corrected chi connectivity index (χ3v) is 6.31. The Morgan fingerprint density at radius 2 is 2.19 bits per heavy atom. The summed E-state index contributed by atoms with van der Waals surface area (Å²) in [5, 5.41) is 2.80. The van der Waals surface area contributed by atoms with Gasteiger partial charge in [-0.25, -0.2) is 8.42 Å². The standard InChI is InChI=1S/C16H22N4O4S2/c1-10(2)14(16(21)17-9-11-5-4-8-24-11)20-26(22,23)13-7-3-6-12-15(13)19-25-18-12/h3,6-7,10-11,14,20H,4-5,8-9H2,1-2H3,(H,17,21)/t11-,14-/m0/s1. The maximum Gasteiger partial charge on any atom is 0.243 e. The van der Waals surface area contributed by atoms with Crippen molar-refractivity contribution in [1.29, 1.82) is 0 Å². The van der Waals surface area contributed by atoms with Crippen molar-refractivity contribution >= 4 is 38.7 Å². The van der Waals surface area contributed by atoms with Crippen LogP contribution in [-0.4, -0.2) is 48.4 Å². The molecule has 1 aromatic carbocycles. The number of carbonyl (C=O) groups is 1. The van der Waals surface area contributed by atoms with E-state index in [0.29, 0.717) is 24.2 Å². The molecule has 2 atom stereocenters. The Bertz CT molecular complexity index is 875. The number of sulfonamides is 1. The largest absolute Gasteiger partial charge is 0.376 e. The van der Waals surface area contributed by atoms with Crippen molar-refractivity contribution < 1.29 is 17.9 Å². The third-order valence-electron chi connectivity index (χ3n) is 4.30. The van der Waals surface area contributed by atoms with Crippen LogP contribution in [0.2, 0.25) is 0 Å². The molecule has 0 saturated carbocycles. The number of fused-ring (bicyclic) bond motifs is 1. The lowest BCUT2D eigenvalue weighted by molar-refractivity contribution is -0.124. The van der Waals surface area contributed by atoms with E-state index in [0.717, 1.165) is 24.6 Å². The van der Waals surface area contributed by atoms with Crippen molar-refractivity contribution in [3.8, 4) is 0 Å². The number of nitrogens with zero attached hydrogens (tertiary/aromatic N) is 2. The van der Waals surface area contributed by atoms with Crippen molar-refractivity contribution in [3.63, 3.8) is 0 Å². The summed E-state index contributed by atoms with van der Waals surface area (Å²) >= 11 is 0.951. The number of amides is 1. The van der Waals surface area contributed by atoms with E-state index >= 15 is 0 Å². The van der Waals surface area contributed by atoms with E-state index in [1.54, 1.807) is 26.0 Å². The van der Waals surface area contributed by atoms with Crippen LogP contribution in [0, 0.1) is 5.92 Å². The van der Waals surface area contributed by atoms with E-state index < -0.39 is 16.1 Å². The average molecular weight is 399 g/mol. The highest BCUT2D eigenvalue weighted by atomic mass is 32.2. The summed E-state index contributed by atoms with van der Waals surface area (Å²) in [4.78, 5) is 12.6. The van der Waals surface area contributed by atoms with Gasteiger partial charge < -0.3 is 10.1 Å². The van der Waals surface area contributed by atoms with Crippen LogP contribution in [0.15, 0.2) is 23.1 Å². The van der Waals surface area contributed by atoms with Crippen LogP contribution in [0.4, 0.5) is 0 Å². The molecule has 1 aromatic heterocycles. The number of nitrogens with one attached hydrogen (secondary N) is 2. The van der Waals surface area contributed by atoms with Crippen molar-refractivity contribution in [2.24, 2.45) is 5.92 Å². The van der Waals surface area contributed by atoms with Crippen LogP contribution in [0.25, 0.3) is 11.0 Å². The number of carbonyl (C=O) groups excluding carboxylic acids is 1. The number of hydrogen-bond donors (Lipinski definition) is 2. The van der Waals surface area contributed by atoms with Crippen LogP contribution in [0.1, 0.15) is 26.7 Å². The fraction of sp³-hybridized carbons (Fsp3) is 0.562. The van der Waals surface area contributed by atoms with Gasteiger partial charge in [0.15, 0.2) is 0 Å². The number of ether oxygens (including phenoxy) is 1. The van der Waals surface area contributed by atoms with E-state index in [9.17, 15) is 13.2 Å². The minimum Gasteiger partial charge on any atom is -0.376 e. The summed E-state index contributed by atoms with van der Waals surface area (Å²) in [7, 11) is -3.92. The molecule has 1 saturated heterocycles. The van der Waals surface area contributed by atoms with E-state index in [-0.39, 0.29) is 22.8 Å². The molecule has 26 heavy (non-hydrogen) atoms. The van der Waals surface area contributed by atoms with E-state index in [2.05, 4.69) is 18.8 Å². The van der Waals surface area contributed by atoms with Gasteiger partial charge in [0, 0.05) is 13.2 Å². The van der Waals surface area contributed by atoms with E-state index in [4.69, 9.17) is 4.74 Å². The average Bonchev–Trinajstić information content (AvgIpc) is 3.28. The van der Waals surface area contributed by atoms with Gasteiger partial charge in [-0.3, -0.25) is 4.79 Å². The summed E-state index contributed by atoms with van der Waals surface area (Å²) in [6.45, 7) is 4.68. The van der Waals surface area contributed by atoms with Crippen LogP contribution in [-0.2, 0) is 19.6 Å². The van der Waals surface area contributed by atoms with Gasteiger partial charge in [0.2, 0.25) is 15.9 Å². The number of hydrogen-bond acceptors (Lipinski definition) is 7. The van der Waals surface area contributed by atoms with Gasteiger partial charge in [-0.05, 0) is 30.9 Å². The highest BCUT2D eigenvalue weighted by molar-refractivity contribution is 7.89. The summed E-state index contributed by atoms with van der Waals surface area (Å²) < 4.78 is 41.8. The first kappa shape index (κ1) is 19.2. The molecule has 1 aliphatic rings. The molecule has 2 N–H and O–H groups in total. The lowest BCUT2D eigenvalue weighted by Gasteiger charge is -2.22. The van der Waals surface area contributed by atoms with Gasteiger partial charge in [-0.15, -0.1) is 0 Å². The second kappa shape index (κ2) is 7.95. The van der Waals surface area contributed by atoms with Crippen molar-refractivity contribution in [1.82, 2.24) is 18.8 Å². The zero-order valence-electron chi connectivity index (χ0n) is 14.6.